The van der Waals surface area contributed by atoms with Crippen molar-refractivity contribution in [1.29, 1.82) is 0 Å². The highest BCUT2D eigenvalue weighted by molar-refractivity contribution is 6.30. The molecule has 5 rings (SSSR count). The first kappa shape index (κ1) is 22.6. The van der Waals surface area contributed by atoms with Gasteiger partial charge in [0.2, 0.25) is 5.91 Å². The van der Waals surface area contributed by atoms with E-state index in [0.717, 1.165) is 50.4 Å². The minimum absolute atomic E-state index is 0.194. The van der Waals surface area contributed by atoms with Crippen molar-refractivity contribution < 1.29 is 9.53 Å². The summed E-state index contributed by atoms with van der Waals surface area (Å²) < 4.78 is 5.42. The van der Waals surface area contributed by atoms with Crippen LogP contribution in [0.5, 0.6) is 0 Å². The van der Waals surface area contributed by atoms with Gasteiger partial charge in [0.05, 0.1) is 12.0 Å². The van der Waals surface area contributed by atoms with Crippen LogP contribution in [0.25, 0.3) is 0 Å². The number of aryl methyl sites for hydroxylation is 1. The highest BCUT2D eigenvalue weighted by Gasteiger charge is 2.35. The molecule has 2 fully saturated rings. The lowest BCUT2D eigenvalue weighted by Crippen LogP contribution is -2.55. The summed E-state index contributed by atoms with van der Waals surface area (Å²) in [7, 11) is 1.75. The number of carbonyl (C=O) groups is 1. The van der Waals surface area contributed by atoms with Crippen molar-refractivity contribution in [2.24, 2.45) is 0 Å². The van der Waals surface area contributed by atoms with E-state index < -0.39 is 0 Å². The van der Waals surface area contributed by atoms with Gasteiger partial charge in [0, 0.05) is 69.2 Å². The van der Waals surface area contributed by atoms with Crippen LogP contribution in [0.2, 0.25) is 5.02 Å². The topological polar surface area (TPSA) is 61.8 Å². The highest BCUT2D eigenvalue weighted by Crippen LogP contribution is 2.37. The van der Waals surface area contributed by atoms with Gasteiger partial charge in [0.15, 0.2) is 0 Å². The summed E-state index contributed by atoms with van der Waals surface area (Å²) >= 11 is 6.11. The van der Waals surface area contributed by atoms with Gasteiger partial charge in [-0.25, -0.2) is 9.97 Å². The summed E-state index contributed by atoms with van der Waals surface area (Å²) in [6.45, 7) is 7.72. The van der Waals surface area contributed by atoms with E-state index in [2.05, 4.69) is 26.7 Å². The number of ether oxygens (including phenoxy) is 1. The van der Waals surface area contributed by atoms with Crippen LogP contribution >= 0.6 is 11.6 Å². The zero-order valence-corrected chi connectivity index (χ0v) is 20.2. The van der Waals surface area contributed by atoms with Crippen LogP contribution in [-0.2, 0) is 16.0 Å². The van der Waals surface area contributed by atoms with Crippen molar-refractivity contribution in [3.63, 3.8) is 0 Å². The Morgan fingerprint density at radius 2 is 1.88 bits per heavy atom. The zero-order chi connectivity index (χ0) is 22.9. The number of piperazine rings is 1. The molecular weight excluding hydrogens is 438 g/mol. The number of halogens is 1. The predicted molar refractivity (Wildman–Crippen MR) is 129 cm³/mol. The van der Waals surface area contributed by atoms with E-state index in [9.17, 15) is 4.79 Å². The smallest absolute Gasteiger partial charge is 0.231 e. The Morgan fingerprint density at radius 3 is 2.58 bits per heavy atom. The third kappa shape index (κ3) is 4.59. The van der Waals surface area contributed by atoms with Gasteiger partial charge in [0.1, 0.15) is 12.1 Å². The lowest BCUT2D eigenvalue weighted by molar-refractivity contribution is -0.134. The average Bonchev–Trinajstić information content (AvgIpc) is 3.20. The van der Waals surface area contributed by atoms with Gasteiger partial charge >= 0.3 is 0 Å². The SMILES string of the molecule is COC1CN(C[C@@H](C(=O)N2CCN(c3ncnc4c3C(C)CC4)CC2)c2ccc(Cl)cc2)C1. The van der Waals surface area contributed by atoms with Gasteiger partial charge in [-0.05, 0) is 36.5 Å². The molecule has 0 N–H and O–H groups in total. The normalized spacial score (nSPS) is 22.2. The molecule has 2 saturated heterocycles. The second kappa shape index (κ2) is 9.57. The van der Waals surface area contributed by atoms with Crippen molar-refractivity contribution in [2.45, 2.75) is 37.7 Å². The molecule has 33 heavy (non-hydrogen) atoms. The van der Waals surface area contributed by atoms with Crippen molar-refractivity contribution in [3.05, 3.63) is 52.4 Å². The fourth-order valence-electron chi connectivity index (χ4n) is 5.33. The Balaban J connectivity index is 1.28. The molecule has 0 saturated carbocycles. The van der Waals surface area contributed by atoms with Gasteiger partial charge < -0.3 is 14.5 Å². The van der Waals surface area contributed by atoms with E-state index in [-0.39, 0.29) is 17.9 Å². The first-order valence-electron chi connectivity index (χ1n) is 11.9. The summed E-state index contributed by atoms with van der Waals surface area (Å²) in [5, 5.41) is 0.688. The van der Waals surface area contributed by atoms with E-state index in [4.69, 9.17) is 16.3 Å². The Kier molecular flexibility index (Phi) is 6.54. The average molecular weight is 470 g/mol. The lowest BCUT2D eigenvalue weighted by Gasteiger charge is -2.42. The van der Waals surface area contributed by atoms with Gasteiger partial charge in [-0.15, -0.1) is 0 Å². The number of hydrogen-bond acceptors (Lipinski definition) is 6. The van der Waals surface area contributed by atoms with Crippen LogP contribution in [0.3, 0.4) is 0 Å². The van der Waals surface area contributed by atoms with Gasteiger partial charge in [-0.2, -0.15) is 0 Å². The Morgan fingerprint density at radius 1 is 1.15 bits per heavy atom. The number of aromatic nitrogens is 2. The van der Waals surface area contributed by atoms with E-state index in [1.807, 2.05) is 29.2 Å². The molecule has 1 aromatic heterocycles. The maximum atomic E-state index is 13.7. The fourth-order valence-corrected chi connectivity index (χ4v) is 5.46. The van der Waals surface area contributed by atoms with Crippen LogP contribution in [0.1, 0.15) is 42.0 Å². The second-order valence-electron chi connectivity index (χ2n) is 9.49. The number of likely N-dealkylation sites (tertiary alicyclic amines) is 1. The molecule has 176 valence electrons. The molecule has 1 unspecified atom stereocenters. The molecule has 2 atom stereocenters. The number of nitrogens with zero attached hydrogens (tertiary/aromatic N) is 5. The second-order valence-corrected chi connectivity index (χ2v) is 9.93. The standard InChI is InChI=1S/C25H32ClN5O2/c1-17-3-8-22-23(17)24(28-16-27-22)30-9-11-31(12-10-30)25(32)21(15-29-13-20(14-29)33-2)18-4-6-19(26)7-5-18/h4-7,16-17,20-21H,3,8-15H2,1-2H3/t17?,21-/m1/s1. The molecule has 8 heteroatoms. The number of carbonyl (C=O) groups excluding carboxylic acids is 1. The first-order chi connectivity index (χ1) is 16.0. The molecule has 3 aliphatic rings. The molecule has 0 spiro atoms. The Bertz CT molecular complexity index is 987. The van der Waals surface area contributed by atoms with Gasteiger partial charge in [0.25, 0.3) is 0 Å². The number of anilines is 1. The van der Waals surface area contributed by atoms with E-state index in [1.165, 1.54) is 11.3 Å². The first-order valence-corrected chi connectivity index (χ1v) is 12.3. The predicted octanol–water partition coefficient (Wildman–Crippen LogP) is 2.94. The summed E-state index contributed by atoms with van der Waals surface area (Å²) in [5.74, 6) is 1.56. The number of amides is 1. The minimum atomic E-state index is -0.199. The zero-order valence-electron chi connectivity index (χ0n) is 19.4. The maximum Gasteiger partial charge on any atom is 0.231 e. The van der Waals surface area contributed by atoms with Gasteiger partial charge in [-0.3, -0.25) is 9.69 Å². The number of rotatable bonds is 6. The quantitative estimate of drug-likeness (QED) is 0.648. The monoisotopic (exact) mass is 469 g/mol. The van der Waals surface area contributed by atoms with Crippen LogP contribution < -0.4 is 4.90 Å². The summed E-state index contributed by atoms with van der Waals surface area (Å²) in [5.41, 5.74) is 3.52. The van der Waals surface area contributed by atoms with Crippen molar-refractivity contribution in [3.8, 4) is 0 Å². The fraction of sp³-hybridized carbons (Fsp3) is 0.560. The molecular formula is C25H32ClN5O2. The van der Waals surface area contributed by atoms with Crippen LogP contribution in [-0.4, -0.2) is 84.7 Å². The number of fused-ring (bicyclic) bond motifs is 1. The molecule has 7 nitrogen and oxygen atoms in total. The van der Waals surface area contributed by atoms with E-state index in [0.29, 0.717) is 30.6 Å². The summed E-state index contributed by atoms with van der Waals surface area (Å²) in [4.78, 5) is 29.5. The third-order valence-electron chi connectivity index (χ3n) is 7.41. The van der Waals surface area contributed by atoms with E-state index >= 15 is 0 Å². The number of hydrogen-bond donors (Lipinski definition) is 0. The molecule has 3 heterocycles. The van der Waals surface area contributed by atoms with Crippen LogP contribution in [0.4, 0.5) is 5.82 Å². The Hall–Kier alpha value is -2.22. The Labute approximate surface area is 200 Å². The number of benzene rings is 1. The maximum absolute atomic E-state index is 13.7. The highest BCUT2D eigenvalue weighted by atomic mass is 35.5. The molecule has 0 radical (unpaired) electrons. The molecule has 2 aromatic rings. The van der Waals surface area contributed by atoms with Crippen LogP contribution in [0.15, 0.2) is 30.6 Å². The van der Waals surface area contributed by atoms with Crippen molar-refractivity contribution in [2.75, 3.05) is 57.8 Å². The van der Waals surface area contributed by atoms with Gasteiger partial charge in [-0.1, -0.05) is 30.7 Å². The molecule has 0 bridgehead atoms. The molecule has 1 amide bonds. The molecule has 1 aliphatic carbocycles. The summed E-state index contributed by atoms with van der Waals surface area (Å²) in [6, 6.07) is 7.72. The largest absolute Gasteiger partial charge is 0.379 e. The van der Waals surface area contributed by atoms with Crippen molar-refractivity contribution >= 4 is 23.3 Å². The minimum Gasteiger partial charge on any atom is -0.379 e. The van der Waals surface area contributed by atoms with Crippen LogP contribution in [0, 0.1) is 0 Å². The molecule has 2 aliphatic heterocycles. The third-order valence-corrected chi connectivity index (χ3v) is 7.66. The lowest BCUT2D eigenvalue weighted by atomic mass is 9.94. The summed E-state index contributed by atoms with van der Waals surface area (Å²) in [6.07, 6.45) is 4.14. The number of methoxy groups -OCH3 is 1. The molecule has 1 aromatic carbocycles. The van der Waals surface area contributed by atoms with E-state index in [1.54, 1.807) is 13.4 Å². The van der Waals surface area contributed by atoms with Crippen molar-refractivity contribution in [1.82, 2.24) is 19.8 Å².